The summed E-state index contributed by atoms with van der Waals surface area (Å²) in [6.07, 6.45) is 0.425. The molecule has 0 aromatic heterocycles. The van der Waals surface area contributed by atoms with Crippen LogP contribution in [0.2, 0.25) is 0 Å². The number of anilines is 2. The molecule has 0 aliphatic carbocycles. The maximum absolute atomic E-state index is 8.66. The molecule has 118 valence electrons. The minimum absolute atomic E-state index is 0.425. The number of nitriles is 1. The Bertz CT molecular complexity index is 662. The van der Waals surface area contributed by atoms with E-state index in [1.807, 2.05) is 42.5 Å². The van der Waals surface area contributed by atoms with Crippen molar-refractivity contribution in [2.24, 2.45) is 0 Å². The molecule has 23 heavy (non-hydrogen) atoms. The zero-order valence-corrected chi connectivity index (χ0v) is 13.9. The average molecular weight is 324 g/mol. The molecule has 2 aromatic carbocycles. The number of thiocarbonyl (C=S) groups is 1. The number of nitrogens with zero attached hydrogens (tertiary/aromatic N) is 2. The van der Waals surface area contributed by atoms with Crippen LogP contribution in [0.15, 0.2) is 54.6 Å². The van der Waals surface area contributed by atoms with Crippen molar-refractivity contribution in [1.29, 1.82) is 5.26 Å². The van der Waals surface area contributed by atoms with Crippen LogP contribution < -0.4 is 15.5 Å². The predicted octanol–water partition coefficient (Wildman–Crippen LogP) is 3.18. The first-order chi connectivity index (χ1) is 11.2. The van der Waals surface area contributed by atoms with Crippen molar-refractivity contribution in [3.63, 3.8) is 0 Å². The Balaban J connectivity index is 1.74. The molecule has 0 saturated carbocycles. The van der Waals surface area contributed by atoms with Crippen molar-refractivity contribution in [2.75, 3.05) is 30.4 Å². The number of para-hydroxylation sites is 1. The Hall–Kier alpha value is -2.58. The minimum Gasteiger partial charge on any atom is -0.373 e. The molecule has 2 N–H and O–H groups in total. The second-order valence-corrected chi connectivity index (χ2v) is 5.58. The Kier molecular flexibility index (Phi) is 6.40. The van der Waals surface area contributed by atoms with Crippen molar-refractivity contribution in [3.05, 3.63) is 60.2 Å². The van der Waals surface area contributed by atoms with Crippen molar-refractivity contribution >= 4 is 28.7 Å². The highest BCUT2D eigenvalue weighted by Gasteiger charge is 2.01. The monoisotopic (exact) mass is 324 g/mol. The third-order valence-electron chi connectivity index (χ3n) is 3.42. The number of nitrogens with one attached hydrogen (secondary N) is 2. The lowest BCUT2D eigenvalue weighted by Crippen LogP contribution is -2.35. The van der Waals surface area contributed by atoms with Gasteiger partial charge in [-0.2, -0.15) is 5.26 Å². The quantitative estimate of drug-likeness (QED) is 0.799. The molecule has 2 rings (SSSR count). The van der Waals surface area contributed by atoms with E-state index in [1.165, 1.54) is 5.69 Å². The number of likely N-dealkylation sites (N-methyl/N-ethyl adjacent to an activating group) is 1. The fraction of sp³-hybridized carbons (Fsp3) is 0.222. The zero-order chi connectivity index (χ0) is 16.5. The highest BCUT2D eigenvalue weighted by atomic mass is 32.1. The normalized spacial score (nSPS) is 9.74. The third kappa shape index (κ3) is 5.61. The summed E-state index contributed by atoms with van der Waals surface area (Å²) in [6, 6.07) is 20.1. The molecule has 0 spiro atoms. The van der Waals surface area contributed by atoms with Crippen LogP contribution in [0, 0.1) is 11.3 Å². The van der Waals surface area contributed by atoms with E-state index in [0.717, 1.165) is 24.3 Å². The molecule has 0 aliphatic heterocycles. The topological polar surface area (TPSA) is 51.1 Å². The highest BCUT2D eigenvalue weighted by Crippen LogP contribution is 2.11. The third-order valence-corrected chi connectivity index (χ3v) is 3.67. The molecule has 0 atom stereocenters. The van der Waals surface area contributed by atoms with Gasteiger partial charge >= 0.3 is 0 Å². The number of hydrogen-bond acceptors (Lipinski definition) is 3. The van der Waals surface area contributed by atoms with Crippen LogP contribution in [-0.2, 0) is 6.42 Å². The Morgan fingerprint density at radius 1 is 1.13 bits per heavy atom. The Morgan fingerprint density at radius 3 is 2.48 bits per heavy atom. The molecule has 0 fully saturated rings. The molecule has 0 aliphatic rings. The molecular formula is C18H20N4S. The molecule has 0 amide bonds. The first kappa shape index (κ1) is 16.8. The molecule has 0 radical (unpaired) electrons. The van der Waals surface area contributed by atoms with Gasteiger partial charge in [0.05, 0.1) is 12.5 Å². The van der Waals surface area contributed by atoms with Gasteiger partial charge in [0.15, 0.2) is 5.11 Å². The van der Waals surface area contributed by atoms with Gasteiger partial charge in [0.1, 0.15) is 0 Å². The smallest absolute Gasteiger partial charge is 0.170 e. The van der Waals surface area contributed by atoms with E-state index in [0.29, 0.717) is 11.5 Å². The van der Waals surface area contributed by atoms with E-state index >= 15 is 0 Å². The molecular weight excluding hydrogens is 304 g/mol. The Labute approximate surface area is 142 Å². The second-order valence-electron chi connectivity index (χ2n) is 5.17. The SMILES string of the molecule is CN(CCNC(=S)Nc1ccc(CC#N)cc1)c1ccccc1. The Morgan fingerprint density at radius 2 is 1.83 bits per heavy atom. The lowest BCUT2D eigenvalue weighted by molar-refractivity contribution is 0.827. The molecule has 2 aromatic rings. The summed E-state index contributed by atoms with van der Waals surface area (Å²) in [4.78, 5) is 2.17. The summed E-state index contributed by atoms with van der Waals surface area (Å²) in [5, 5.41) is 15.6. The minimum atomic E-state index is 0.425. The van der Waals surface area contributed by atoms with E-state index in [2.05, 4.69) is 40.8 Å². The summed E-state index contributed by atoms with van der Waals surface area (Å²) in [5.74, 6) is 0. The van der Waals surface area contributed by atoms with E-state index in [9.17, 15) is 0 Å². The molecule has 5 heteroatoms. The lowest BCUT2D eigenvalue weighted by Gasteiger charge is -2.20. The first-order valence-electron chi connectivity index (χ1n) is 7.46. The van der Waals surface area contributed by atoms with Gasteiger partial charge in [0.2, 0.25) is 0 Å². The van der Waals surface area contributed by atoms with Crippen molar-refractivity contribution < 1.29 is 0 Å². The molecule has 4 nitrogen and oxygen atoms in total. The van der Waals surface area contributed by atoms with Crippen LogP contribution >= 0.6 is 12.2 Å². The van der Waals surface area contributed by atoms with Gasteiger partial charge in [-0.25, -0.2) is 0 Å². The number of rotatable bonds is 6. The summed E-state index contributed by atoms with van der Waals surface area (Å²) < 4.78 is 0. The van der Waals surface area contributed by atoms with Crippen molar-refractivity contribution in [1.82, 2.24) is 5.32 Å². The van der Waals surface area contributed by atoms with Crippen molar-refractivity contribution in [3.8, 4) is 6.07 Å². The highest BCUT2D eigenvalue weighted by molar-refractivity contribution is 7.80. The van der Waals surface area contributed by atoms with Crippen LogP contribution in [0.4, 0.5) is 11.4 Å². The van der Waals surface area contributed by atoms with E-state index in [-0.39, 0.29) is 0 Å². The summed E-state index contributed by atoms with van der Waals surface area (Å²) in [7, 11) is 2.06. The first-order valence-corrected chi connectivity index (χ1v) is 7.87. The van der Waals surface area contributed by atoms with Crippen LogP contribution in [0.3, 0.4) is 0 Å². The van der Waals surface area contributed by atoms with E-state index in [4.69, 9.17) is 17.5 Å². The maximum atomic E-state index is 8.66. The fourth-order valence-corrected chi connectivity index (χ4v) is 2.34. The van der Waals surface area contributed by atoms with Crippen molar-refractivity contribution in [2.45, 2.75) is 6.42 Å². The van der Waals surface area contributed by atoms with Crippen LogP contribution in [-0.4, -0.2) is 25.2 Å². The number of hydrogen-bond donors (Lipinski definition) is 2. The van der Waals surface area contributed by atoms with Crippen LogP contribution in [0.25, 0.3) is 0 Å². The van der Waals surface area contributed by atoms with Gasteiger partial charge in [-0.05, 0) is 42.0 Å². The maximum Gasteiger partial charge on any atom is 0.170 e. The standard InChI is InChI=1S/C18H20N4S/c1-22(17-5-3-2-4-6-17)14-13-20-18(23)21-16-9-7-15(8-10-16)11-12-19/h2-10H,11,13-14H2,1H3,(H2,20,21,23). The van der Waals surface area contributed by atoms with Gasteiger partial charge in [0, 0.05) is 31.5 Å². The fourth-order valence-electron chi connectivity index (χ4n) is 2.12. The van der Waals surface area contributed by atoms with Gasteiger partial charge in [-0.1, -0.05) is 30.3 Å². The lowest BCUT2D eigenvalue weighted by atomic mass is 10.1. The zero-order valence-electron chi connectivity index (χ0n) is 13.1. The van der Waals surface area contributed by atoms with Gasteiger partial charge in [-0.15, -0.1) is 0 Å². The van der Waals surface area contributed by atoms with Crippen LogP contribution in [0.5, 0.6) is 0 Å². The second kappa shape index (κ2) is 8.76. The van der Waals surface area contributed by atoms with E-state index < -0.39 is 0 Å². The molecule has 0 saturated heterocycles. The summed E-state index contributed by atoms with van der Waals surface area (Å²) in [6.45, 7) is 1.61. The number of benzene rings is 2. The van der Waals surface area contributed by atoms with Gasteiger partial charge in [0.25, 0.3) is 0 Å². The van der Waals surface area contributed by atoms with E-state index in [1.54, 1.807) is 0 Å². The molecule has 0 unspecified atom stereocenters. The van der Waals surface area contributed by atoms with Gasteiger partial charge in [-0.3, -0.25) is 0 Å². The van der Waals surface area contributed by atoms with Gasteiger partial charge < -0.3 is 15.5 Å². The summed E-state index contributed by atoms with van der Waals surface area (Å²) >= 11 is 5.30. The average Bonchev–Trinajstić information content (AvgIpc) is 2.57. The predicted molar refractivity (Wildman–Crippen MR) is 99.7 cm³/mol. The van der Waals surface area contributed by atoms with Crippen LogP contribution in [0.1, 0.15) is 5.56 Å². The largest absolute Gasteiger partial charge is 0.373 e. The molecule has 0 bridgehead atoms. The molecule has 0 heterocycles. The summed E-state index contributed by atoms with van der Waals surface area (Å²) in [5.41, 5.74) is 3.10.